The average molecular weight is 353 g/mol. The van der Waals surface area contributed by atoms with E-state index in [1.807, 2.05) is 27.7 Å². The van der Waals surface area contributed by atoms with E-state index in [4.69, 9.17) is 4.74 Å². The van der Waals surface area contributed by atoms with Crippen molar-refractivity contribution >= 4 is 12.0 Å². The van der Waals surface area contributed by atoms with Crippen LogP contribution in [-0.4, -0.2) is 67.8 Å². The Morgan fingerprint density at radius 1 is 1.36 bits per heavy atom. The molecule has 0 unspecified atom stereocenters. The fraction of sp³-hybridized carbons (Fsp3) is 0.750. The van der Waals surface area contributed by atoms with Gasteiger partial charge in [-0.2, -0.15) is 0 Å². The molecule has 0 aliphatic carbocycles. The summed E-state index contributed by atoms with van der Waals surface area (Å²) in [4.78, 5) is 25.4. The minimum atomic E-state index is -0.995. The van der Waals surface area contributed by atoms with Crippen LogP contribution in [0.1, 0.15) is 51.0 Å². The number of likely N-dealkylation sites (tertiary alicyclic amines) is 1. The molecular formula is C16H27N5O4. The van der Waals surface area contributed by atoms with Gasteiger partial charge in [0.15, 0.2) is 5.69 Å². The Labute approximate surface area is 147 Å². The van der Waals surface area contributed by atoms with Gasteiger partial charge in [0.1, 0.15) is 5.60 Å². The minimum absolute atomic E-state index is 0.219. The van der Waals surface area contributed by atoms with E-state index in [0.29, 0.717) is 32.5 Å². The summed E-state index contributed by atoms with van der Waals surface area (Å²) in [6.45, 7) is 8.83. The third-order valence-electron chi connectivity index (χ3n) is 3.91. The molecule has 140 valence electrons. The summed E-state index contributed by atoms with van der Waals surface area (Å²) < 4.78 is 6.82. The number of aromatic nitrogens is 3. The molecule has 1 saturated heterocycles. The van der Waals surface area contributed by atoms with Crippen molar-refractivity contribution < 1.29 is 19.4 Å². The summed E-state index contributed by atoms with van der Waals surface area (Å²) in [6.07, 6.45) is 1.96. The van der Waals surface area contributed by atoms with Gasteiger partial charge in [-0.15, -0.1) is 5.10 Å². The zero-order valence-corrected chi connectivity index (χ0v) is 15.3. The van der Waals surface area contributed by atoms with Crippen LogP contribution >= 0.6 is 0 Å². The lowest BCUT2D eigenvalue weighted by Crippen LogP contribution is -2.49. The van der Waals surface area contributed by atoms with Crippen LogP contribution in [0.2, 0.25) is 0 Å². The number of aliphatic hydroxyl groups is 1. The second kappa shape index (κ2) is 7.38. The number of rotatable bonds is 4. The number of carbonyl (C=O) groups is 2. The standard InChI is InChI=1S/C16H27N5O4/c1-5-17-13(22)12-10-21(19-18-12)11-16(24)6-8-20(9-7-16)14(23)25-15(2,3)4/h10,24H,5-9,11H2,1-4H3,(H,17,22). The molecule has 1 fully saturated rings. The van der Waals surface area contributed by atoms with Crippen molar-refractivity contribution in [2.24, 2.45) is 0 Å². The number of carbonyl (C=O) groups excluding carboxylic acids is 2. The van der Waals surface area contributed by atoms with Crippen molar-refractivity contribution in [3.8, 4) is 0 Å². The molecule has 0 spiro atoms. The van der Waals surface area contributed by atoms with Crippen molar-refractivity contribution in [1.29, 1.82) is 0 Å². The van der Waals surface area contributed by atoms with Crippen LogP contribution < -0.4 is 5.32 Å². The van der Waals surface area contributed by atoms with Gasteiger partial charge in [0.25, 0.3) is 5.91 Å². The molecule has 1 aliphatic heterocycles. The van der Waals surface area contributed by atoms with E-state index in [1.54, 1.807) is 4.90 Å². The largest absolute Gasteiger partial charge is 0.444 e. The van der Waals surface area contributed by atoms with Gasteiger partial charge in [-0.1, -0.05) is 5.21 Å². The van der Waals surface area contributed by atoms with Crippen LogP contribution in [0.3, 0.4) is 0 Å². The fourth-order valence-electron chi connectivity index (χ4n) is 2.62. The van der Waals surface area contributed by atoms with E-state index in [2.05, 4.69) is 15.6 Å². The number of piperidine rings is 1. The highest BCUT2D eigenvalue weighted by Crippen LogP contribution is 2.25. The topological polar surface area (TPSA) is 110 Å². The van der Waals surface area contributed by atoms with Crippen LogP contribution in [0.15, 0.2) is 6.20 Å². The van der Waals surface area contributed by atoms with Crippen LogP contribution in [-0.2, 0) is 11.3 Å². The predicted octanol–water partition coefficient (Wildman–Crippen LogP) is 0.790. The molecule has 0 bridgehead atoms. The van der Waals surface area contributed by atoms with Gasteiger partial charge < -0.3 is 20.1 Å². The molecule has 2 amide bonds. The number of hydrogen-bond acceptors (Lipinski definition) is 6. The quantitative estimate of drug-likeness (QED) is 0.828. The van der Waals surface area contributed by atoms with E-state index < -0.39 is 11.2 Å². The van der Waals surface area contributed by atoms with Crippen molar-refractivity contribution in [2.45, 2.75) is 58.3 Å². The van der Waals surface area contributed by atoms with E-state index >= 15 is 0 Å². The molecule has 1 aromatic heterocycles. The summed E-state index contributed by atoms with van der Waals surface area (Å²) in [5.74, 6) is -0.291. The van der Waals surface area contributed by atoms with Gasteiger partial charge in [0, 0.05) is 19.6 Å². The molecule has 25 heavy (non-hydrogen) atoms. The van der Waals surface area contributed by atoms with E-state index in [-0.39, 0.29) is 24.2 Å². The average Bonchev–Trinajstić information content (AvgIpc) is 2.94. The zero-order chi connectivity index (χ0) is 18.7. The number of nitrogens with zero attached hydrogens (tertiary/aromatic N) is 4. The van der Waals surface area contributed by atoms with Crippen molar-refractivity contribution in [2.75, 3.05) is 19.6 Å². The van der Waals surface area contributed by atoms with Gasteiger partial charge in [-0.3, -0.25) is 4.79 Å². The highest BCUT2D eigenvalue weighted by atomic mass is 16.6. The first kappa shape index (κ1) is 19.2. The molecule has 0 radical (unpaired) electrons. The summed E-state index contributed by atoms with van der Waals surface area (Å²) in [5, 5.41) is 21.1. The Bertz CT molecular complexity index is 614. The highest BCUT2D eigenvalue weighted by molar-refractivity contribution is 5.91. The first-order valence-corrected chi connectivity index (χ1v) is 8.50. The van der Waals surface area contributed by atoms with E-state index in [1.165, 1.54) is 10.9 Å². The number of amides is 2. The van der Waals surface area contributed by atoms with Crippen molar-refractivity contribution in [3.05, 3.63) is 11.9 Å². The third kappa shape index (κ3) is 5.42. The lowest BCUT2D eigenvalue weighted by atomic mass is 9.91. The van der Waals surface area contributed by atoms with Gasteiger partial charge in [0.2, 0.25) is 0 Å². The van der Waals surface area contributed by atoms with Crippen LogP contribution in [0.4, 0.5) is 4.79 Å². The van der Waals surface area contributed by atoms with E-state index in [9.17, 15) is 14.7 Å². The summed E-state index contributed by atoms with van der Waals surface area (Å²) in [7, 11) is 0. The van der Waals surface area contributed by atoms with Gasteiger partial charge in [0.05, 0.1) is 18.3 Å². The third-order valence-corrected chi connectivity index (χ3v) is 3.91. The van der Waals surface area contributed by atoms with Crippen LogP contribution in [0.25, 0.3) is 0 Å². The first-order chi connectivity index (χ1) is 11.6. The Morgan fingerprint density at radius 3 is 2.56 bits per heavy atom. The molecule has 2 rings (SSSR count). The summed E-state index contributed by atoms with van der Waals surface area (Å²) in [6, 6.07) is 0. The summed E-state index contributed by atoms with van der Waals surface area (Å²) in [5.41, 5.74) is -1.32. The molecule has 2 N–H and O–H groups in total. The second-order valence-corrected chi connectivity index (χ2v) is 7.35. The number of nitrogens with one attached hydrogen (secondary N) is 1. The maximum absolute atomic E-state index is 12.1. The molecule has 0 aromatic carbocycles. The van der Waals surface area contributed by atoms with Crippen LogP contribution in [0, 0.1) is 0 Å². The highest BCUT2D eigenvalue weighted by Gasteiger charge is 2.36. The molecule has 1 aromatic rings. The number of hydrogen-bond donors (Lipinski definition) is 2. The normalized spacial score (nSPS) is 17.2. The predicted molar refractivity (Wildman–Crippen MR) is 90.0 cm³/mol. The van der Waals surface area contributed by atoms with E-state index in [0.717, 1.165) is 0 Å². The Balaban J connectivity index is 1.90. The van der Waals surface area contributed by atoms with Crippen molar-refractivity contribution in [1.82, 2.24) is 25.2 Å². The summed E-state index contributed by atoms with van der Waals surface area (Å²) >= 11 is 0. The van der Waals surface area contributed by atoms with Gasteiger partial charge >= 0.3 is 6.09 Å². The Kier molecular flexibility index (Phi) is 5.66. The first-order valence-electron chi connectivity index (χ1n) is 8.50. The van der Waals surface area contributed by atoms with Crippen LogP contribution in [0.5, 0.6) is 0 Å². The molecule has 1 aliphatic rings. The molecule has 2 heterocycles. The molecule has 0 atom stereocenters. The van der Waals surface area contributed by atoms with Gasteiger partial charge in [-0.05, 0) is 40.5 Å². The molecular weight excluding hydrogens is 326 g/mol. The zero-order valence-electron chi connectivity index (χ0n) is 15.3. The lowest BCUT2D eigenvalue weighted by Gasteiger charge is -2.38. The maximum Gasteiger partial charge on any atom is 0.410 e. The maximum atomic E-state index is 12.1. The molecule has 9 heteroatoms. The fourth-order valence-corrected chi connectivity index (χ4v) is 2.62. The SMILES string of the molecule is CCNC(=O)c1cn(CC2(O)CCN(C(=O)OC(C)(C)C)CC2)nn1. The van der Waals surface area contributed by atoms with Crippen molar-refractivity contribution in [3.63, 3.8) is 0 Å². The van der Waals surface area contributed by atoms with Gasteiger partial charge in [-0.25, -0.2) is 9.48 Å². The molecule has 0 saturated carbocycles. The lowest BCUT2D eigenvalue weighted by molar-refractivity contribution is -0.0434. The molecule has 9 nitrogen and oxygen atoms in total. The monoisotopic (exact) mass is 353 g/mol. The smallest absolute Gasteiger partial charge is 0.410 e. The number of ether oxygens (including phenoxy) is 1. The second-order valence-electron chi connectivity index (χ2n) is 7.35. The Morgan fingerprint density at radius 2 is 2.00 bits per heavy atom. The Hall–Kier alpha value is -2.16. The minimum Gasteiger partial charge on any atom is -0.444 e.